The summed E-state index contributed by atoms with van der Waals surface area (Å²) in [6.45, 7) is 2.67. The van der Waals surface area contributed by atoms with Crippen LogP contribution in [0.2, 0.25) is 0 Å². The number of ether oxygens (including phenoxy) is 2. The minimum absolute atomic E-state index is 0.106. The summed E-state index contributed by atoms with van der Waals surface area (Å²) in [4.78, 5) is 10.6. The van der Waals surface area contributed by atoms with Gasteiger partial charge in [0.25, 0.3) is 0 Å². The zero-order chi connectivity index (χ0) is 10.5. The first-order valence-corrected chi connectivity index (χ1v) is 3.46. The fraction of sp³-hybridized carbons (Fsp3) is 0.571. The molecule has 0 amide bonds. The third kappa shape index (κ3) is 7.17. The lowest BCUT2D eigenvalue weighted by Gasteiger charge is -2.08. The Labute approximate surface area is 73.1 Å². The number of alkyl halides is 3. The molecular formula is C7H9F3O3. The van der Waals surface area contributed by atoms with Gasteiger partial charge < -0.3 is 9.47 Å². The molecule has 6 heteroatoms. The van der Waals surface area contributed by atoms with Crippen molar-refractivity contribution in [3.8, 4) is 0 Å². The van der Waals surface area contributed by atoms with Crippen molar-refractivity contribution in [2.45, 2.75) is 20.2 Å². The number of carbonyl (C=O) groups is 1. The molecule has 0 aromatic heterocycles. The number of esters is 1. The Balaban J connectivity index is 4.09. The van der Waals surface area contributed by atoms with E-state index in [0.717, 1.165) is 6.92 Å². The van der Waals surface area contributed by atoms with Crippen LogP contribution in [0.3, 0.4) is 0 Å². The van der Waals surface area contributed by atoms with Gasteiger partial charge in [0, 0.05) is 0 Å². The SMILES string of the molecule is CCOC(=O)/C=C(/C)OC(F)(F)F. The van der Waals surface area contributed by atoms with E-state index in [-0.39, 0.29) is 6.61 Å². The average Bonchev–Trinajstić information content (AvgIpc) is 1.81. The van der Waals surface area contributed by atoms with Crippen LogP contribution in [0.5, 0.6) is 0 Å². The molecule has 0 saturated carbocycles. The smallest absolute Gasteiger partial charge is 0.463 e. The predicted molar refractivity (Wildman–Crippen MR) is 37.5 cm³/mol. The third-order valence-corrected chi connectivity index (χ3v) is 0.884. The van der Waals surface area contributed by atoms with Crippen LogP contribution in [0, 0.1) is 0 Å². The average molecular weight is 198 g/mol. The van der Waals surface area contributed by atoms with Crippen LogP contribution in [0.15, 0.2) is 11.8 Å². The summed E-state index contributed by atoms with van der Waals surface area (Å²) in [6, 6.07) is 0. The molecule has 0 aromatic rings. The van der Waals surface area contributed by atoms with Crippen LogP contribution >= 0.6 is 0 Å². The molecular weight excluding hydrogens is 189 g/mol. The van der Waals surface area contributed by atoms with Crippen LogP contribution in [0.1, 0.15) is 13.8 Å². The van der Waals surface area contributed by atoms with Crippen LogP contribution in [-0.4, -0.2) is 18.9 Å². The quantitative estimate of drug-likeness (QED) is 0.395. The van der Waals surface area contributed by atoms with Crippen molar-refractivity contribution in [1.29, 1.82) is 0 Å². The van der Waals surface area contributed by atoms with E-state index in [1.54, 1.807) is 6.92 Å². The lowest BCUT2D eigenvalue weighted by atomic mass is 10.5. The minimum Gasteiger partial charge on any atom is -0.463 e. The number of hydrogen-bond acceptors (Lipinski definition) is 3. The molecule has 0 bridgehead atoms. The second-order valence-electron chi connectivity index (χ2n) is 2.05. The zero-order valence-electron chi connectivity index (χ0n) is 7.14. The normalized spacial score (nSPS) is 12.5. The lowest BCUT2D eigenvalue weighted by Crippen LogP contribution is -2.13. The summed E-state index contributed by atoms with van der Waals surface area (Å²) in [6.07, 6.45) is -4.13. The fourth-order valence-electron chi connectivity index (χ4n) is 0.562. The van der Waals surface area contributed by atoms with E-state index in [2.05, 4.69) is 9.47 Å². The summed E-state index contributed by atoms with van der Waals surface area (Å²) >= 11 is 0. The molecule has 76 valence electrons. The maximum atomic E-state index is 11.5. The summed E-state index contributed by atoms with van der Waals surface area (Å²) in [7, 11) is 0. The van der Waals surface area contributed by atoms with Gasteiger partial charge in [0.05, 0.1) is 12.7 Å². The van der Waals surface area contributed by atoms with Crippen molar-refractivity contribution in [2.75, 3.05) is 6.61 Å². The molecule has 13 heavy (non-hydrogen) atoms. The molecule has 3 nitrogen and oxygen atoms in total. The summed E-state index contributed by atoms with van der Waals surface area (Å²) in [5.74, 6) is -1.41. The van der Waals surface area contributed by atoms with Gasteiger partial charge in [-0.3, -0.25) is 0 Å². The lowest BCUT2D eigenvalue weighted by molar-refractivity contribution is -0.305. The highest BCUT2D eigenvalue weighted by Crippen LogP contribution is 2.20. The monoisotopic (exact) mass is 198 g/mol. The van der Waals surface area contributed by atoms with Gasteiger partial charge in [0.2, 0.25) is 0 Å². The minimum atomic E-state index is -4.77. The summed E-state index contributed by atoms with van der Waals surface area (Å²) in [5.41, 5.74) is 0. The van der Waals surface area contributed by atoms with E-state index in [9.17, 15) is 18.0 Å². The molecule has 0 aliphatic rings. The second-order valence-corrected chi connectivity index (χ2v) is 2.05. The van der Waals surface area contributed by atoms with Crippen molar-refractivity contribution in [1.82, 2.24) is 0 Å². The van der Waals surface area contributed by atoms with Gasteiger partial charge in [0.1, 0.15) is 5.76 Å². The van der Waals surface area contributed by atoms with Gasteiger partial charge in [0.15, 0.2) is 0 Å². The van der Waals surface area contributed by atoms with Crippen LogP contribution < -0.4 is 0 Å². The first-order valence-electron chi connectivity index (χ1n) is 3.46. The second kappa shape index (κ2) is 4.74. The topological polar surface area (TPSA) is 35.5 Å². The van der Waals surface area contributed by atoms with Gasteiger partial charge in [-0.15, -0.1) is 13.2 Å². The molecule has 0 N–H and O–H groups in total. The molecule has 0 aromatic carbocycles. The van der Waals surface area contributed by atoms with E-state index < -0.39 is 18.1 Å². The number of halogens is 3. The van der Waals surface area contributed by atoms with E-state index in [1.165, 1.54) is 0 Å². The van der Waals surface area contributed by atoms with E-state index in [1.807, 2.05) is 0 Å². The first-order chi connectivity index (χ1) is 5.85. The maximum Gasteiger partial charge on any atom is 0.572 e. The summed E-state index contributed by atoms with van der Waals surface area (Å²) in [5, 5.41) is 0. The van der Waals surface area contributed by atoms with Gasteiger partial charge >= 0.3 is 12.3 Å². The number of rotatable bonds is 3. The van der Waals surface area contributed by atoms with Gasteiger partial charge in [-0.1, -0.05) is 0 Å². The maximum absolute atomic E-state index is 11.5. The Kier molecular flexibility index (Phi) is 4.30. The van der Waals surface area contributed by atoms with Gasteiger partial charge in [-0.2, -0.15) is 0 Å². The Morgan fingerprint density at radius 1 is 1.46 bits per heavy atom. The fourth-order valence-corrected chi connectivity index (χ4v) is 0.562. The van der Waals surface area contributed by atoms with Crippen molar-refractivity contribution < 1.29 is 27.4 Å². The number of allylic oxidation sites excluding steroid dienone is 1. The Bertz CT molecular complexity index is 208. The van der Waals surface area contributed by atoms with Gasteiger partial charge in [-0.05, 0) is 13.8 Å². The highest BCUT2D eigenvalue weighted by Gasteiger charge is 2.31. The van der Waals surface area contributed by atoms with E-state index in [0.29, 0.717) is 6.08 Å². The standard InChI is InChI=1S/C7H9F3O3/c1-3-12-6(11)4-5(2)13-7(8,9)10/h4H,3H2,1-2H3/b5-4-. The largest absolute Gasteiger partial charge is 0.572 e. The molecule has 0 radical (unpaired) electrons. The number of hydrogen-bond donors (Lipinski definition) is 0. The molecule has 0 unspecified atom stereocenters. The van der Waals surface area contributed by atoms with E-state index in [4.69, 9.17) is 0 Å². The van der Waals surface area contributed by atoms with Crippen molar-refractivity contribution in [2.24, 2.45) is 0 Å². The van der Waals surface area contributed by atoms with Crippen LogP contribution in [0.25, 0.3) is 0 Å². The predicted octanol–water partition coefficient (Wildman–Crippen LogP) is 1.99. The first kappa shape index (κ1) is 11.8. The Hall–Kier alpha value is -1.20. The molecule has 0 heterocycles. The van der Waals surface area contributed by atoms with Gasteiger partial charge in [-0.25, -0.2) is 4.79 Å². The van der Waals surface area contributed by atoms with Crippen molar-refractivity contribution in [3.05, 3.63) is 11.8 Å². The molecule has 0 fully saturated rings. The Morgan fingerprint density at radius 3 is 2.38 bits per heavy atom. The van der Waals surface area contributed by atoms with Crippen LogP contribution in [0.4, 0.5) is 13.2 Å². The molecule has 0 aliphatic heterocycles. The van der Waals surface area contributed by atoms with Crippen molar-refractivity contribution in [3.63, 3.8) is 0 Å². The summed E-state index contributed by atoms with van der Waals surface area (Å²) < 4.78 is 42.4. The highest BCUT2D eigenvalue weighted by molar-refractivity contribution is 5.82. The molecule has 0 aliphatic carbocycles. The molecule has 0 atom stereocenters. The number of carbonyl (C=O) groups excluding carboxylic acids is 1. The third-order valence-electron chi connectivity index (χ3n) is 0.884. The highest BCUT2D eigenvalue weighted by atomic mass is 19.4. The molecule has 0 spiro atoms. The Morgan fingerprint density at radius 2 is 2.00 bits per heavy atom. The van der Waals surface area contributed by atoms with Crippen molar-refractivity contribution >= 4 is 5.97 Å². The van der Waals surface area contributed by atoms with Crippen LogP contribution in [-0.2, 0) is 14.3 Å². The molecule has 0 saturated heterocycles. The molecule has 0 rings (SSSR count). The zero-order valence-corrected chi connectivity index (χ0v) is 7.14. The van der Waals surface area contributed by atoms with E-state index >= 15 is 0 Å².